The molecule has 2 aromatic heterocycles. The number of ether oxygens (including phenoxy) is 6. The van der Waals surface area contributed by atoms with Gasteiger partial charge in [-0.25, -0.2) is 4.98 Å². The minimum absolute atomic E-state index is 0.00553. The van der Waals surface area contributed by atoms with Crippen molar-refractivity contribution in [1.82, 2.24) is 35.3 Å². The van der Waals surface area contributed by atoms with Gasteiger partial charge >= 0.3 is 0 Å². The van der Waals surface area contributed by atoms with Crippen LogP contribution in [0.4, 0.5) is 11.4 Å². The van der Waals surface area contributed by atoms with E-state index in [0.717, 1.165) is 47.8 Å². The first-order valence-corrected chi connectivity index (χ1v) is 28.2. The van der Waals surface area contributed by atoms with E-state index in [0.29, 0.717) is 88.0 Å². The Morgan fingerprint density at radius 1 is 0.863 bits per heavy atom. The zero-order valence-corrected chi connectivity index (χ0v) is 48.4. The molecule has 2 aliphatic heterocycles. The summed E-state index contributed by atoms with van der Waals surface area (Å²) >= 11 is 14.3. The van der Waals surface area contributed by atoms with E-state index in [1.54, 1.807) is 42.7 Å². The van der Waals surface area contributed by atoms with Crippen LogP contribution in [0.1, 0.15) is 63.3 Å². The fourth-order valence-corrected chi connectivity index (χ4v) is 10.7. The molecule has 5 aromatic rings. The molecular formula is C57H71Cl2N9O11S. The van der Waals surface area contributed by atoms with Crippen molar-refractivity contribution < 1.29 is 52.7 Å². The van der Waals surface area contributed by atoms with Crippen LogP contribution in [0.5, 0.6) is 17.2 Å². The minimum Gasteiger partial charge on any atom is -0.495 e. The van der Waals surface area contributed by atoms with E-state index in [1.807, 2.05) is 62.4 Å². The van der Waals surface area contributed by atoms with E-state index in [9.17, 15) is 29.5 Å². The molecule has 0 aliphatic carbocycles. The normalized spacial score (nSPS) is 16.1. The number of pyridine rings is 1. The molecule has 1 unspecified atom stereocenters. The molecule has 20 nitrogen and oxygen atoms in total. The lowest BCUT2D eigenvalue weighted by Crippen LogP contribution is -2.57. The van der Waals surface area contributed by atoms with Gasteiger partial charge in [0.2, 0.25) is 23.6 Å². The number of nitriles is 1. The number of thiazole rings is 1. The molecule has 2 aliphatic rings. The molecular weight excluding hydrogens is 1090 g/mol. The number of anilines is 2. The predicted octanol–water partition coefficient (Wildman–Crippen LogP) is 7.16. The summed E-state index contributed by atoms with van der Waals surface area (Å²) in [4.78, 5) is 68.9. The number of aromatic nitrogens is 2. The third-order valence-corrected chi connectivity index (χ3v) is 15.4. The number of aliphatic hydroxyl groups is 1. The lowest BCUT2D eigenvalue weighted by atomic mass is 9.85. The molecule has 4 amide bonds. The Labute approximate surface area is 480 Å². The van der Waals surface area contributed by atoms with Gasteiger partial charge in [0, 0.05) is 82.4 Å². The molecule has 2 fully saturated rings. The highest BCUT2D eigenvalue weighted by Crippen LogP contribution is 2.41. The molecule has 23 heteroatoms. The largest absolute Gasteiger partial charge is 0.495 e. The van der Waals surface area contributed by atoms with Gasteiger partial charge in [-0.05, 0) is 42.0 Å². The van der Waals surface area contributed by atoms with Crippen LogP contribution in [0.15, 0.2) is 60.2 Å². The van der Waals surface area contributed by atoms with Crippen LogP contribution in [-0.4, -0.2) is 171 Å². The third-order valence-electron chi connectivity index (χ3n) is 13.8. The molecule has 7 rings (SSSR count). The second-order valence-electron chi connectivity index (χ2n) is 20.5. The third kappa shape index (κ3) is 16.6. The van der Waals surface area contributed by atoms with Crippen LogP contribution >= 0.6 is 34.5 Å². The molecule has 0 spiro atoms. The summed E-state index contributed by atoms with van der Waals surface area (Å²) < 4.78 is 34.1. The monoisotopic (exact) mass is 1160 g/mol. The maximum Gasteiger partial charge on any atom is 0.246 e. The zero-order chi connectivity index (χ0) is 57.3. The number of fused-ring (bicyclic) bond motifs is 1. The molecule has 0 radical (unpaired) electrons. The summed E-state index contributed by atoms with van der Waals surface area (Å²) in [5, 5.41) is 30.9. The standard InChI is InChI=1S/C57H71Cl2N9O11S/c1-36-53(80-35-63-36)38-10-8-37(9-11-38)32-62-55(72)46-26-40(69)34-68(46)56(73)54(57(2,3)4)65-50(70)12-20-76-22-24-78-25-23-77-21-13-51(71)67-17-15-66(16-18-67)14-7-19-79-49-29-44-41(27-48(49)75-6)52(39(31-60)33-61-44)64-45-30-47(74-5)43(59)28-42(45)58/h8-11,27-30,33,35,40,46,54,69H,7,12-26,32,34H2,1-6H3,(H,61,64)(H,62,72)(H,65,70)/t40-,46+,54?/m1/s1. The number of carbonyl (C=O) groups is 4. The maximum atomic E-state index is 14.0. The Morgan fingerprint density at radius 2 is 1.55 bits per heavy atom. The van der Waals surface area contributed by atoms with Crippen molar-refractivity contribution in [1.29, 1.82) is 5.26 Å². The van der Waals surface area contributed by atoms with Crippen LogP contribution < -0.4 is 30.2 Å². The Morgan fingerprint density at radius 3 is 2.20 bits per heavy atom. The van der Waals surface area contributed by atoms with Gasteiger partial charge in [0.1, 0.15) is 23.9 Å². The number of amides is 4. The highest BCUT2D eigenvalue weighted by Gasteiger charge is 2.44. The molecule has 80 heavy (non-hydrogen) atoms. The highest BCUT2D eigenvalue weighted by molar-refractivity contribution is 7.13. The van der Waals surface area contributed by atoms with Gasteiger partial charge in [-0.2, -0.15) is 5.26 Å². The van der Waals surface area contributed by atoms with Crippen molar-refractivity contribution >= 4 is 80.4 Å². The second-order valence-corrected chi connectivity index (χ2v) is 22.1. The number of hydrogen-bond donors (Lipinski definition) is 4. The number of halogens is 2. The number of carbonyl (C=O) groups excluding carboxylic acids is 4. The second kappa shape index (κ2) is 29.4. The molecule has 4 N–H and O–H groups in total. The first-order valence-electron chi connectivity index (χ1n) is 26.6. The van der Waals surface area contributed by atoms with E-state index < -0.39 is 29.5 Å². The van der Waals surface area contributed by atoms with Crippen LogP contribution in [0.2, 0.25) is 10.0 Å². The van der Waals surface area contributed by atoms with Crippen molar-refractivity contribution in [2.45, 2.75) is 78.1 Å². The van der Waals surface area contributed by atoms with Gasteiger partial charge in [-0.1, -0.05) is 68.2 Å². The number of nitrogens with zero attached hydrogens (tertiary/aromatic N) is 6. The number of rotatable bonds is 27. The van der Waals surface area contributed by atoms with E-state index in [1.165, 1.54) is 18.2 Å². The van der Waals surface area contributed by atoms with Crippen LogP contribution in [0, 0.1) is 23.7 Å². The number of methoxy groups -OCH3 is 2. The number of aliphatic hydroxyl groups excluding tert-OH is 1. The van der Waals surface area contributed by atoms with Gasteiger partial charge < -0.3 is 59.3 Å². The van der Waals surface area contributed by atoms with Gasteiger partial charge in [-0.3, -0.25) is 29.1 Å². The molecule has 0 bridgehead atoms. The van der Waals surface area contributed by atoms with Gasteiger partial charge in [-0.15, -0.1) is 11.3 Å². The summed E-state index contributed by atoms with van der Waals surface area (Å²) in [5.74, 6) is 0.265. The Hall–Kier alpha value is -6.35. The highest BCUT2D eigenvalue weighted by atomic mass is 35.5. The number of β-amino-alcohol motifs (C(OH)–C–C–N with tert-alkyl or cyclic N) is 1. The number of likely N-dealkylation sites (tertiary alicyclic amines) is 1. The van der Waals surface area contributed by atoms with Gasteiger partial charge in [0.05, 0.1) is 122 Å². The van der Waals surface area contributed by atoms with E-state index >= 15 is 0 Å². The van der Waals surface area contributed by atoms with Crippen molar-refractivity contribution in [3.05, 3.63) is 87.1 Å². The SMILES string of the molecule is COc1cc(Nc2c(C#N)cnc3cc(OCCCN4CCN(C(=O)CCOCCOCCOCCC(=O)NC(C(=O)N5C[C@H](O)C[C@H]5C(=O)NCc5ccc(-c6scnc6C)cc5)C(C)(C)C)CC4)c(OC)cc23)c(Cl)cc1Cl. The molecule has 3 atom stereocenters. The van der Waals surface area contributed by atoms with E-state index in [4.69, 9.17) is 51.6 Å². The van der Waals surface area contributed by atoms with Gasteiger partial charge in [0.15, 0.2) is 11.5 Å². The number of benzene rings is 3. The first kappa shape index (κ1) is 61.3. The molecule has 3 aromatic carbocycles. The zero-order valence-electron chi connectivity index (χ0n) is 46.1. The first-order chi connectivity index (χ1) is 38.5. The summed E-state index contributed by atoms with van der Waals surface area (Å²) in [7, 11) is 3.05. The van der Waals surface area contributed by atoms with E-state index in [2.05, 4.69) is 36.9 Å². The number of aryl methyl sites for hydroxylation is 1. The Bertz CT molecular complexity index is 2960. The Balaban J connectivity index is 0.726. The average molecular weight is 1160 g/mol. The minimum atomic E-state index is -0.947. The maximum absolute atomic E-state index is 14.0. The fraction of sp³-hybridized carbons (Fsp3) is 0.491. The Kier molecular flexibility index (Phi) is 22.5. The topological polar surface area (TPSA) is 239 Å². The number of piperazine rings is 1. The molecule has 0 saturated carbocycles. The predicted molar refractivity (Wildman–Crippen MR) is 306 cm³/mol. The van der Waals surface area contributed by atoms with Crippen molar-refractivity contribution in [3.8, 4) is 33.8 Å². The molecule has 430 valence electrons. The van der Waals surface area contributed by atoms with Crippen molar-refractivity contribution in [2.75, 3.05) is 105 Å². The van der Waals surface area contributed by atoms with Crippen molar-refractivity contribution in [3.63, 3.8) is 0 Å². The smallest absolute Gasteiger partial charge is 0.246 e. The number of nitrogens with one attached hydrogen (secondary N) is 3. The summed E-state index contributed by atoms with van der Waals surface area (Å²) in [6, 6.07) is 15.0. The molecule has 2 saturated heterocycles. The quantitative estimate of drug-likeness (QED) is 0.0382. The van der Waals surface area contributed by atoms with Crippen LogP contribution in [0.3, 0.4) is 0 Å². The lowest BCUT2D eigenvalue weighted by Gasteiger charge is -2.35. The summed E-state index contributed by atoms with van der Waals surface area (Å²) in [6.45, 7) is 13.2. The fourth-order valence-electron chi connectivity index (χ4n) is 9.34. The average Bonchev–Trinajstić information content (AvgIpc) is 4.13. The van der Waals surface area contributed by atoms with Gasteiger partial charge in [0.25, 0.3) is 0 Å². The van der Waals surface area contributed by atoms with Crippen molar-refractivity contribution in [2.24, 2.45) is 5.41 Å². The lowest BCUT2D eigenvalue weighted by molar-refractivity contribution is -0.144. The van der Waals surface area contributed by atoms with E-state index in [-0.39, 0.29) is 76.5 Å². The number of hydrogen-bond acceptors (Lipinski definition) is 17. The van der Waals surface area contributed by atoms with Crippen LogP contribution in [0.25, 0.3) is 21.3 Å². The summed E-state index contributed by atoms with van der Waals surface area (Å²) in [6.07, 6.45) is 1.72. The molecule has 4 heterocycles. The summed E-state index contributed by atoms with van der Waals surface area (Å²) in [5.41, 5.74) is 5.88. The van der Waals surface area contributed by atoms with Crippen LogP contribution in [-0.2, 0) is 39.9 Å².